The Balaban J connectivity index is 1.72. The van der Waals surface area contributed by atoms with Crippen LogP contribution < -0.4 is 10.6 Å². The van der Waals surface area contributed by atoms with Gasteiger partial charge in [-0.3, -0.25) is 9.59 Å². The van der Waals surface area contributed by atoms with Crippen LogP contribution in [0.1, 0.15) is 15.9 Å². The summed E-state index contributed by atoms with van der Waals surface area (Å²) in [6.45, 7) is 0.981. The van der Waals surface area contributed by atoms with Crippen molar-refractivity contribution >= 4 is 29.3 Å². The van der Waals surface area contributed by atoms with Crippen LogP contribution in [0.25, 0.3) is 0 Å². The molecule has 0 aliphatic heterocycles. The highest BCUT2D eigenvalue weighted by atomic mass is 32.2. The second-order valence-corrected chi connectivity index (χ2v) is 6.34. The molecule has 0 aliphatic carbocycles. The van der Waals surface area contributed by atoms with Crippen LogP contribution in [-0.2, 0) is 15.3 Å². The van der Waals surface area contributed by atoms with Crippen molar-refractivity contribution in [3.8, 4) is 0 Å². The first kappa shape index (κ1) is 19.0. The number of carbonyl (C=O) groups excluding carboxylic acids is 2. The average Bonchev–Trinajstić information content (AvgIpc) is 2.63. The Kier molecular flexibility index (Phi) is 8.01. The molecule has 0 fully saturated rings. The van der Waals surface area contributed by atoms with Gasteiger partial charge in [-0.05, 0) is 29.8 Å². The van der Waals surface area contributed by atoms with Crippen LogP contribution >= 0.6 is 11.8 Å². The van der Waals surface area contributed by atoms with Gasteiger partial charge >= 0.3 is 0 Å². The Bertz CT molecular complexity index is 675. The number of methoxy groups -OCH3 is 1. The molecule has 0 atom stereocenters. The molecule has 0 spiro atoms. The molecule has 0 radical (unpaired) electrons. The highest BCUT2D eigenvalue weighted by molar-refractivity contribution is 7.99. The predicted octanol–water partition coefficient (Wildman–Crippen LogP) is 2.93. The van der Waals surface area contributed by atoms with E-state index in [0.717, 1.165) is 11.3 Å². The molecule has 2 rings (SSSR count). The minimum Gasteiger partial charge on any atom is -0.383 e. The molecule has 5 nitrogen and oxygen atoms in total. The highest BCUT2D eigenvalue weighted by Gasteiger charge is 2.06. The van der Waals surface area contributed by atoms with E-state index in [1.54, 1.807) is 19.2 Å². The largest absolute Gasteiger partial charge is 0.383 e. The summed E-state index contributed by atoms with van der Waals surface area (Å²) in [6.07, 6.45) is 0. The average molecular weight is 358 g/mol. The summed E-state index contributed by atoms with van der Waals surface area (Å²) in [4.78, 5) is 23.8. The minimum absolute atomic E-state index is 0.0228. The fourth-order valence-electron chi connectivity index (χ4n) is 2.10. The first-order valence-corrected chi connectivity index (χ1v) is 9.13. The normalized spacial score (nSPS) is 10.3. The number of hydrogen-bond donors (Lipinski definition) is 2. The fraction of sp³-hybridized carbons (Fsp3) is 0.263. The summed E-state index contributed by atoms with van der Waals surface area (Å²) in [5, 5.41) is 5.63. The smallest absolute Gasteiger partial charge is 0.251 e. The Hall–Kier alpha value is -2.31. The zero-order chi connectivity index (χ0) is 17.9. The maximum absolute atomic E-state index is 11.9. The van der Waals surface area contributed by atoms with E-state index in [-0.39, 0.29) is 11.8 Å². The number of benzene rings is 2. The van der Waals surface area contributed by atoms with Crippen molar-refractivity contribution < 1.29 is 14.3 Å². The third-order valence-electron chi connectivity index (χ3n) is 3.37. The van der Waals surface area contributed by atoms with Gasteiger partial charge in [-0.1, -0.05) is 30.3 Å². The maximum Gasteiger partial charge on any atom is 0.251 e. The van der Waals surface area contributed by atoms with E-state index in [9.17, 15) is 9.59 Å². The van der Waals surface area contributed by atoms with Gasteiger partial charge in [0.15, 0.2) is 0 Å². The molecule has 0 saturated carbocycles. The van der Waals surface area contributed by atoms with Crippen LogP contribution in [0.4, 0.5) is 5.69 Å². The Morgan fingerprint density at radius 2 is 1.76 bits per heavy atom. The van der Waals surface area contributed by atoms with Gasteiger partial charge in [0.2, 0.25) is 5.91 Å². The first-order valence-electron chi connectivity index (χ1n) is 7.98. The SMILES string of the molecule is COCCNC(=O)c1ccc(CSCC(=O)Nc2ccccc2)cc1. The van der Waals surface area contributed by atoms with Gasteiger partial charge in [-0.15, -0.1) is 11.8 Å². The van der Waals surface area contributed by atoms with E-state index in [0.29, 0.717) is 30.2 Å². The lowest BCUT2D eigenvalue weighted by Gasteiger charge is -2.07. The third-order valence-corrected chi connectivity index (χ3v) is 4.37. The lowest BCUT2D eigenvalue weighted by atomic mass is 10.1. The molecule has 6 heteroatoms. The van der Waals surface area contributed by atoms with Crippen LogP contribution in [0.15, 0.2) is 54.6 Å². The van der Waals surface area contributed by atoms with E-state index < -0.39 is 0 Å². The van der Waals surface area contributed by atoms with Gasteiger partial charge in [0.1, 0.15) is 0 Å². The second kappa shape index (κ2) is 10.5. The third kappa shape index (κ3) is 6.99. The van der Waals surface area contributed by atoms with Crippen LogP contribution in [0.5, 0.6) is 0 Å². The summed E-state index contributed by atoms with van der Waals surface area (Å²) in [6, 6.07) is 16.8. The lowest BCUT2D eigenvalue weighted by Crippen LogP contribution is -2.26. The van der Waals surface area contributed by atoms with E-state index in [2.05, 4.69) is 10.6 Å². The summed E-state index contributed by atoms with van der Waals surface area (Å²) < 4.78 is 4.90. The van der Waals surface area contributed by atoms with Crippen molar-refractivity contribution in [1.29, 1.82) is 0 Å². The van der Waals surface area contributed by atoms with E-state index >= 15 is 0 Å². The van der Waals surface area contributed by atoms with Crippen LogP contribution in [0.3, 0.4) is 0 Å². The number of rotatable bonds is 9. The van der Waals surface area contributed by atoms with Gasteiger partial charge in [0.25, 0.3) is 5.91 Å². The number of anilines is 1. The van der Waals surface area contributed by atoms with Gasteiger partial charge in [0, 0.05) is 30.7 Å². The van der Waals surface area contributed by atoms with Crippen molar-refractivity contribution in [3.05, 3.63) is 65.7 Å². The monoisotopic (exact) mass is 358 g/mol. The van der Waals surface area contributed by atoms with Crippen molar-refractivity contribution in [1.82, 2.24) is 5.32 Å². The molecule has 0 aliphatic rings. The number of para-hydroxylation sites is 1. The quantitative estimate of drug-likeness (QED) is 0.677. The Morgan fingerprint density at radius 3 is 2.44 bits per heavy atom. The van der Waals surface area contributed by atoms with Gasteiger partial charge in [-0.2, -0.15) is 0 Å². The maximum atomic E-state index is 11.9. The standard InChI is InChI=1S/C19H22N2O3S/c1-24-12-11-20-19(23)16-9-7-15(8-10-16)13-25-14-18(22)21-17-5-3-2-4-6-17/h2-10H,11-14H2,1H3,(H,20,23)(H,21,22). The van der Waals surface area contributed by atoms with E-state index in [1.165, 1.54) is 11.8 Å². The molecule has 2 aromatic carbocycles. The topological polar surface area (TPSA) is 67.4 Å². The Morgan fingerprint density at radius 1 is 1.04 bits per heavy atom. The second-order valence-electron chi connectivity index (χ2n) is 5.35. The molecule has 0 heterocycles. The van der Waals surface area contributed by atoms with Crippen LogP contribution in [-0.4, -0.2) is 37.8 Å². The summed E-state index contributed by atoms with van der Waals surface area (Å²) >= 11 is 1.54. The van der Waals surface area contributed by atoms with Crippen molar-refractivity contribution in [2.45, 2.75) is 5.75 Å². The van der Waals surface area contributed by atoms with Gasteiger partial charge in [-0.25, -0.2) is 0 Å². The number of thioether (sulfide) groups is 1. The molecule has 2 aromatic rings. The number of hydrogen-bond acceptors (Lipinski definition) is 4. The molecule has 0 unspecified atom stereocenters. The molecule has 0 saturated heterocycles. The van der Waals surface area contributed by atoms with Crippen molar-refractivity contribution in [3.63, 3.8) is 0 Å². The summed E-state index contributed by atoms with van der Waals surface area (Å²) in [7, 11) is 1.60. The van der Waals surface area contributed by atoms with Crippen molar-refractivity contribution in [2.75, 3.05) is 31.3 Å². The number of amides is 2. The van der Waals surface area contributed by atoms with Gasteiger partial charge < -0.3 is 15.4 Å². The Labute approximate surface area is 152 Å². The van der Waals surface area contributed by atoms with Gasteiger partial charge in [0.05, 0.1) is 12.4 Å². The van der Waals surface area contributed by atoms with E-state index in [1.807, 2.05) is 42.5 Å². The minimum atomic E-state index is -0.113. The molecule has 25 heavy (non-hydrogen) atoms. The molecule has 132 valence electrons. The number of ether oxygens (including phenoxy) is 1. The molecule has 0 bridgehead atoms. The zero-order valence-electron chi connectivity index (χ0n) is 14.2. The fourth-order valence-corrected chi connectivity index (χ4v) is 2.89. The lowest BCUT2D eigenvalue weighted by molar-refractivity contribution is -0.113. The van der Waals surface area contributed by atoms with Crippen molar-refractivity contribution in [2.24, 2.45) is 0 Å². The first-order chi connectivity index (χ1) is 12.2. The highest BCUT2D eigenvalue weighted by Crippen LogP contribution is 2.14. The molecule has 2 amide bonds. The van der Waals surface area contributed by atoms with Crippen LogP contribution in [0, 0.1) is 0 Å². The molecule has 0 aromatic heterocycles. The van der Waals surface area contributed by atoms with Crippen LogP contribution in [0.2, 0.25) is 0 Å². The zero-order valence-corrected chi connectivity index (χ0v) is 15.0. The summed E-state index contributed by atoms with van der Waals surface area (Å²) in [5.74, 6) is 0.964. The molecule has 2 N–H and O–H groups in total. The number of nitrogens with one attached hydrogen (secondary N) is 2. The molecular weight excluding hydrogens is 336 g/mol. The van der Waals surface area contributed by atoms with E-state index in [4.69, 9.17) is 4.74 Å². The number of carbonyl (C=O) groups is 2. The molecular formula is C19H22N2O3S. The predicted molar refractivity (Wildman–Crippen MR) is 102 cm³/mol. The summed E-state index contributed by atoms with van der Waals surface area (Å²) in [5.41, 5.74) is 2.49.